The number of hydrogen-bond acceptors (Lipinski definition) is 2. The number of halogens is 1. The van der Waals surface area contributed by atoms with Crippen LogP contribution in [0, 0.1) is 13.8 Å². The fourth-order valence-corrected chi connectivity index (χ4v) is 1.99. The summed E-state index contributed by atoms with van der Waals surface area (Å²) in [4.78, 5) is 4.14. The number of benzene rings is 1. The lowest BCUT2D eigenvalue weighted by Crippen LogP contribution is -2.09. The van der Waals surface area contributed by atoms with Crippen LogP contribution in [-0.2, 0) is 7.05 Å². The van der Waals surface area contributed by atoms with Gasteiger partial charge in [-0.3, -0.25) is 0 Å². The van der Waals surface area contributed by atoms with Crippen molar-refractivity contribution in [2.75, 3.05) is 0 Å². The highest BCUT2D eigenvalue weighted by Crippen LogP contribution is 2.26. The minimum Gasteiger partial charge on any atom is -0.380 e. The fraction of sp³-hybridized carbons (Fsp3) is 0.308. The second kappa shape index (κ2) is 4.51. The van der Waals surface area contributed by atoms with Gasteiger partial charge in [0, 0.05) is 7.05 Å². The Bertz CT molecular complexity index is 548. The van der Waals surface area contributed by atoms with Crippen LogP contribution >= 0.6 is 11.6 Å². The minimum atomic E-state index is -0.743. The van der Waals surface area contributed by atoms with Crippen LogP contribution in [0.15, 0.2) is 24.4 Å². The van der Waals surface area contributed by atoms with Gasteiger partial charge < -0.3 is 9.67 Å². The Labute approximate surface area is 106 Å². The standard InChI is InChI=1S/C13H15ClN2O/c1-8-4-5-9(2)10(6-8)12(17)13-15-7-11(14)16(13)3/h4-7,12,17H,1-3H3. The minimum absolute atomic E-state index is 0.518. The lowest BCUT2D eigenvalue weighted by molar-refractivity contribution is 0.205. The molecule has 0 radical (unpaired) electrons. The van der Waals surface area contributed by atoms with Gasteiger partial charge in [-0.05, 0) is 25.0 Å². The Hall–Kier alpha value is -1.32. The lowest BCUT2D eigenvalue weighted by atomic mass is 10.0. The molecule has 0 saturated carbocycles. The van der Waals surface area contributed by atoms with E-state index in [0.29, 0.717) is 11.0 Å². The van der Waals surface area contributed by atoms with Gasteiger partial charge in [-0.1, -0.05) is 35.4 Å². The SMILES string of the molecule is Cc1ccc(C)c(C(O)c2ncc(Cl)n2C)c1. The summed E-state index contributed by atoms with van der Waals surface area (Å²) in [6.45, 7) is 3.98. The van der Waals surface area contributed by atoms with Gasteiger partial charge in [0.15, 0.2) is 0 Å². The molecule has 0 saturated heterocycles. The third-order valence-electron chi connectivity index (χ3n) is 2.94. The summed E-state index contributed by atoms with van der Waals surface area (Å²) >= 11 is 5.92. The number of aliphatic hydroxyl groups excluding tert-OH is 1. The summed E-state index contributed by atoms with van der Waals surface area (Å²) in [6.07, 6.45) is 0.804. The van der Waals surface area contributed by atoms with Crippen molar-refractivity contribution in [2.24, 2.45) is 7.05 Å². The van der Waals surface area contributed by atoms with Crippen molar-refractivity contribution in [3.05, 3.63) is 52.1 Å². The summed E-state index contributed by atoms with van der Waals surface area (Å²) in [5, 5.41) is 10.9. The van der Waals surface area contributed by atoms with Gasteiger partial charge in [0.1, 0.15) is 17.1 Å². The molecule has 17 heavy (non-hydrogen) atoms. The molecule has 1 unspecified atom stereocenters. The highest BCUT2D eigenvalue weighted by Gasteiger charge is 2.18. The van der Waals surface area contributed by atoms with Gasteiger partial charge >= 0.3 is 0 Å². The first-order valence-corrected chi connectivity index (χ1v) is 5.81. The van der Waals surface area contributed by atoms with Gasteiger partial charge in [-0.25, -0.2) is 4.98 Å². The summed E-state index contributed by atoms with van der Waals surface area (Å²) in [5.41, 5.74) is 3.03. The quantitative estimate of drug-likeness (QED) is 0.890. The third kappa shape index (κ3) is 2.21. The van der Waals surface area contributed by atoms with E-state index in [1.54, 1.807) is 17.8 Å². The van der Waals surface area contributed by atoms with Gasteiger partial charge in [-0.2, -0.15) is 0 Å². The monoisotopic (exact) mass is 250 g/mol. The summed E-state index contributed by atoms with van der Waals surface area (Å²) in [6, 6.07) is 6.00. The molecule has 0 bridgehead atoms. The van der Waals surface area contributed by atoms with Gasteiger partial charge in [-0.15, -0.1) is 0 Å². The van der Waals surface area contributed by atoms with E-state index in [4.69, 9.17) is 11.6 Å². The molecule has 3 nitrogen and oxygen atoms in total. The van der Waals surface area contributed by atoms with E-state index in [1.807, 2.05) is 32.0 Å². The molecule has 0 fully saturated rings. The maximum Gasteiger partial charge on any atom is 0.143 e. The van der Waals surface area contributed by atoms with Crippen molar-refractivity contribution in [3.63, 3.8) is 0 Å². The van der Waals surface area contributed by atoms with Crippen LogP contribution in [0.3, 0.4) is 0 Å². The predicted octanol–water partition coefficient (Wildman–Crippen LogP) is 2.77. The van der Waals surface area contributed by atoms with E-state index in [9.17, 15) is 5.11 Å². The number of aliphatic hydroxyl groups is 1. The van der Waals surface area contributed by atoms with Crippen LogP contribution in [0.5, 0.6) is 0 Å². The molecule has 4 heteroatoms. The van der Waals surface area contributed by atoms with Gasteiger partial charge in [0.05, 0.1) is 6.20 Å². The van der Waals surface area contributed by atoms with Crippen LogP contribution < -0.4 is 0 Å². The van der Waals surface area contributed by atoms with E-state index in [0.717, 1.165) is 16.7 Å². The van der Waals surface area contributed by atoms with Crippen molar-refractivity contribution >= 4 is 11.6 Å². The first kappa shape index (κ1) is 12.1. The topological polar surface area (TPSA) is 38.1 Å². The van der Waals surface area contributed by atoms with Crippen LogP contribution in [0.4, 0.5) is 0 Å². The van der Waals surface area contributed by atoms with E-state index in [-0.39, 0.29) is 0 Å². The zero-order valence-electron chi connectivity index (χ0n) is 10.1. The second-order valence-electron chi connectivity index (χ2n) is 4.26. The number of hydrogen-bond donors (Lipinski definition) is 1. The number of aryl methyl sites for hydroxylation is 2. The molecule has 0 aliphatic carbocycles. The zero-order valence-corrected chi connectivity index (χ0v) is 10.9. The van der Waals surface area contributed by atoms with Crippen LogP contribution in [-0.4, -0.2) is 14.7 Å². The smallest absolute Gasteiger partial charge is 0.143 e. The maximum atomic E-state index is 10.3. The molecule has 0 aliphatic rings. The number of imidazole rings is 1. The Morgan fingerprint density at radius 3 is 2.65 bits per heavy atom. The lowest BCUT2D eigenvalue weighted by Gasteiger charge is -2.14. The highest BCUT2D eigenvalue weighted by molar-refractivity contribution is 6.29. The molecule has 1 aromatic heterocycles. The molecule has 0 aliphatic heterocycles. The Morgan fingerprint density at radius 2 is 2.06 bits per heavy atom. The van der Waals surface area contributed by atoms with Crippen LogP contribution in [0.1, 0.15) is 28.6 Å². The zero-order chi connectivity index (χ0) is 12.6. The molecule has 2 rings (SSSR count). The number of nitrogens with zero attached hydrogens (tertiary/aromatic N) is 2. The Balaban J connectivity index is 2.47. The third-order valence-corrected chi connectivity index (χ3v) is 3.29. The van der Waals surface area contributed by atoms with Crippen molar-refractivity contribution < 1.29 is 5.11 Å². The van der Waals surface area contributed by atoms with E-state index in [1.165, 1.54) is 0 Å². The summed E-state index contributed by atoms with van der Waals surface area (Å²) < 4.78 is 1.69. The normalized spacial score (nSPS) is 12.8. The summed E-state index contributed by atoms with van der Waals surface area (Å²) in [5.74, 6) is 0.559. The van der Waals surface area contributed by atoms with Crippen molar-refractivity contribution in [2.45, 2.75) is 20.0 Å². The average Bonchev–Trinajstić information content (AvgIpc) is 2.62. The Morgan fingerprint density at radius 1 is 1.35 bits per heavy atom. The summed E-state index contributed by atoms with van der Waals surface area (Å²) in [7, 11) is 1.79. The second-order valence-corrected chi connectivity index (χ2v) is 4.65. The molecule has 1 aromatic carbocycles. The van der Waals surface area contributed by atoms with E-state index < -0.39 is 6.10 Å². The van der Waals surface area contributed by atoms with Gasteiger partial charge in [0.2, 0.25) is 0 Å². The number of rotatable bonds is 2. The molecule has 1 atom stereocenters. The molecule has 1 N–H and O–H groups in total. The van der Waals surface area contributed by atoms with E-state index in [2.05, 4.69) is 4.98 Å². The fourth-order valence-electron chi connectivity index (χ4n) is 1.85. The van der Waals surface area contributed by atoms with E-state index >= 15 is 0 Å². The molecule has 2 aromatic rings. The van der Waals surface area contributed by atoms with Crippen molar-refractivity contribution in [1.82, 2.24) is 9.55 Å². The van der Waals surface area contributed by atoms with Crippen molar-refractivity contribution in [1.29, 1.82) is 0 Å². The van der Waals surface area contributed by atoms with Crippen LogP contribution in [0.25, 0.3) is 0 Å². The average molecular weight is 251 g/mol. The van der Waals surface area contributed by atoms with Crippen molar-refractivity contribution in [3.8, 4) is 0 Å². The Kier molecular flexibility index (Phi) is 3.22. The van der Waals surface area contributed by atoms with Gasteiger partial charge in [0.25, 0.3) is 0 Å². The highest BCUT2D eigenvalue weighted by atomic mass is 35.5. The molecule has 0 spiro atoms. The molecule has 90 valence electrons. The molecule has 0 amide bonds. The molecular weight excluding hydrogens is 236 g/mol. The maximum absolute atomic E-state index is 10.3. The first-order chi connectivity index (χ1) is 8.00. The van der Waals surface area contributed by atoms with Crippen LogP contribution in [0.2, 0.25) is 5.15 Å². The molecular formula is C13H15ClN2O. The first-order valence-electron chi connectivity index (χ1n) is 5.43. The molecule has 1 heterocycles. The largest absolute Gasteiger partial charge is 0.380 e. The predicted molar refractivity (Wildman–Crippen MR) is 68.2 cm³/mol. The number of aromatic nitrogens is 2.